The number of thiophene rings is 1. The Kier molecular flexibility index (Phi) is 7.91. The summed E-state index contributed by atoms with van der Waals surface area (Å²) in [7, 11) is -2.46. The number of rotatable bonds is 8. The first-order valence-electron chi connectivity index (χ1n) is 9.96. The number of nitrogens with one attached hydrogen (secondary N) is 1. The molecule has 33 heavy (non-hydrogen) atoms. The van der Waals surface area contributed by atoms with Gasteiger partial charge in [0, 0.05) is 30.6 Å². The number of nitrogens with zero attached hydrogens (tertiary/aromatic N) is 2. The maximum atomic E-state index is 14.7. The van der Waals surface area contributed by atoms with E-state index in [1.165, 1.54) is 35.4 Å². The maximum absolute atomic E-state index is 14.7. The van der Waals surface area contributed by atoms with Gasteiger partial charge in [0.1, 0.15) is 11.9 Å². The number of aliphatic hydroxyl groups is 1. The van der Waals surface area contributed by atoms with Crippen LogP contribution < -0.4 is 9.62 Å². The van der Waals surface area contributed by atoms with Crippen LogP contribution in [0.25, 0.3) is 5.57 Å². The standard InChI is InChI=1S/C21H23ClFN3O5S2/c1-13(18-5-6-19(22)32-18)12-33(30,31)24-16-7-8-26(21(16)29)17-4-3-14(11-15(17)23)20(28)25(2)9-10-27/h3-6,11-12,16,24,27H,7-10H2,1-2H3/b13-12-. The van der Waals surface area contributed by atoms with Gasteiger partial charge in [0.2, 0.25) is 15.9 Å². The lowest BCUT2D eigenvalue weighted by atomic mass is 10.1. The first kappa shape index (κ1) is 25.3. The minimum atomic E-state index is -3.95. The van der Waals surface area contributed by atoms with E-state index in [2.05, 4.69) is 4.72 Å². The van der Waals surface area contributed by atoms with Crippen molar-refractivity contribution >= 4 is 56.0 Å². The fourth-order valence-corrected chi connectivity index (χ4v) is 5.77. The molecule has 0 bridgehead atoms. The Morgan fingerprint density at radius 3 is 2.73 bits per heavy atom. The molecule has 2 heterocycles. The molecule has 0 spiro atoms. The number of halogens is 2. The molecule has 2 N–H and O–H groups in total. The van der Waals surface area contributed by atoms with Gasteiger partial charge in [-0.25, -0.2) is 12.8 Å². The maximum Gasteiger partial charge on any atom is 0.253 e. The summed E-state index contributed by atoms with van der Waals surface area (Å²) in [6, 6.07) is 6.05. The number of likely N-dealkylation sites (N-methyl/N-ethyl adjacent to an activating group) is 1. The average molecular weight is 516 g/mol. The zero-order chi connectivity index (χ0) is 24.3. The van der Waals surface area contributed by atoms with Crippen LogP contribution in [0.1, 0.15) is 28.6 Å². The van der Waals surface area contributed by atoms with Crippen LogP contribution in [0.2, 0.25) is 4.34 Å². The molecule has 8 nitrogen and oxygen atoms in total. The van der Waals surface area contributed by atoms with Crippen LogP contribution in [-0.4, -0.2) is 63.0 Å². The zero-order valence-corrected chi connectivity index (χ0v) is 20.3. The second-order valence-corrected chi connectivity index (χ2v) is 10.8. The molecule has 0 radical (unpaired) electrons. The van der Waals surface area contributed by atoms with Crippen LogP contribution in [0.4, 0.5) is 10.1 Å². The predicted molar refractivity (Wildman–Crippen MR) is 126 cm³/mol. The van der Waals surface area contributed by atoms with Gasteiger partial charge in [-0.3, -0.25) is 9.59 Å². The van der Waals surface area contributed by atoms with Gasteiger partial charge >= 0.3 is 0 Å². The van der Waals surface area contributed by atoms with E-state index in [4.69, 9.17) is 16.7 Å². The van der Waals surface area contributed by atoms with Crippen molar-refractivity contribution in [3.63, 3.8) is 0 Å². The minimum absolute atomic E-state index is 0.0389. The monoisotopic (exact) mass is 515 g/mol. The molecule has 2 amide bonds. The van der Waals surface area contributed by atoms with Crippen molar-refractivity contribution in [2.75, 3.05) is 31.6 Å². The van der Waals surface area contributed by atoms with E-state index in [0.717, 1.165) is 16.4 Å². The number of aliphatic hydroxyl groups excluding tert-OH is 1. The van der Waals surface area contributed by atoms with E-state index in [0.29, 0.717) is 14.8 Å². The Morgan fingerprint density at radius 1 is 1.39 bits per heavy atom. The van der Waals surface area contributed by atoms with Crippen LogP contribution in [0.3, 0.4) is 0 Å². The summed E-state index contributed by atoms with van der Waals surface area (Å²) < 4.78 is 42.7. The third-order valence-electron chi connectivity index (χ3n) is 5.07. The number of carbonyl (C=O) groups excluding carboxylic acids is 2. The summed E-state index contributed by atoms with van der Waals surface area (Å²) in [6.07, 6.45) is 0.162. The van der Waals surface area contributed by atoms with Crippen molar-refractivity contribution in [2.45, 2.75) is 19.4 Å². The second kappa shape index (κ2) is 10.3. The van der Waals surface area contributed by atoms with Gasteiger partial charge in [-0.1, -0.05) is 11.6 Å². The van der Waals surface area contributed by atoms with Gasteiger partial charge < -0.3 is 14.9 Å². The highest BCUT2D eigenvalue weighted by molar-refractivity contribution is 7.92. The SMILES string of the molecule is C/C(=C/S(=O)(=O)NC1CCN(c2ccc(C(=O)N(C)CCO)cc2F)C1=O)c1ccc(Cl)s1. The van der Waals surface area contributed by atoms with Crippen molar-refractivity contribution in [2.24, 2.45) is 0 Å². The third-order valence-corrected chi connectivity index (χ3v) is 7.72. The Morgan fingerprint density at radius 2 is 2.12 bits per heavy atom. The zero-order valence-electron chi connectivity index (χ0n) is 17.9. The number of amides is 2. The molecule has 1 unspecified atom stereocenters. The van der Waals surface area contributed by atoms with Gasteiger partial charge in [0.05, 0.1) is 22.0 Å². The number of carbonyl (C=O) groups is 2. The second-order valence-electron chi connectivity index (χ2n) is 7.52. The lowest BCUT2D eigenvalue weighted by molar-refractivity contribution is -0.118. The van der Waals surface area contributed by atoms with E-state index in [9.17, 15) is 22.4 Å². The van der Waals surface area contributed by atoms with Crippen LogP contribution in [0.15, 0.2) is 35.7 Å². The van der Waals surface area contributed by atoms with Crippen LogP contribution in [0.5, 0.6) is 0 Å². The Bertz CT molecular complexity index is 1200. The highest BCUT2D eigenvalue weighted by Gasteiger charge is 2.36. The molecule has 2 aromatic rings. The number of allylic oxidation sites excluding steroid dienone is 1. The van der Waals surface area contributed by atoms with Gasteiger partial charge in [-0.05, 0) is 49.2 Å². The van der Waals surface area contributed by atoms with Crippen molar-refractivity contribution in [3.8, 4) is 0 Å². The molecular weight excluding hydrogens is 493 g/mol. The Balaban J connectivity index is 1.72. The smallest absolute Gasteiger partial charge is 0.253 e. The van der Waals surface area contributed by atoms with Gasteiger partial charge in [0.25, 0.3) is 5.91 Å². The minimum Gasteiger partial charge on any atom is -0.395 e. The topological polar surface area (TPSA) is 107 Å². The molecule has 1 aromatic heterocycles. The van der Waals surface area contributed by atoms with Crippen LogP contribution in [0, 0.1) is 5.82 Å². The molecule has 1 aromatic carbocycles. The van der Waals surface area contributed by atoms with Crippen molar-refractivity contribution < 1.29 is 27.5 Å². The third kappa shape index (κ3) is 5.98. The molecule has 1 aliphatic heterocycles. The Labute approximate surface area is 200 Å². The number of benzene rings is 1. The fraction of sp³-hybridized carbons (Fsp3) is 0.333. The largest absolute Gasteiger partial charge is 0.395 e. The van der Waals surface area contributed by atoms with Crippen LogP contribution in [-0.2, 0) is 14.8 Å². The lowest BCUT2D eigenvalue weighted by Gasteiger charge is -2.20. The average Bonchev–Trinajstić information content (AvgIpc) is 3.33. The first-order valence-corrected chi connectivity index (χ1v) is 12.7. The van der Waals surface area contributed by atoms with Crippen molar-refractivity contribution in [1.29, 1.82) is 0 Å². The molecule has 178 valence electrons. The fourth-order valence-electron chi connectivity index (χ4n) is 3.41. The summed E-state index contributed by atoms with van der Waals surface area (Å²) in [5.74, 6) is -1.83. The Hall–Kier alpha value is -2.31. The van der Waals surface area contributed by atoms with Crippen molar-refractivity contribution in [1.82, 2.24) is 9.62 Å². The lowest BCUT2D eigenvalue weighted by Crippen LogP contribution is -2.41. The summed E-state index contributed by atoms with van der Waals surface area (Å²) in [6.45, 7) is 1.62. The summed E-state index contributed by atoms with van der Waals surface area (Å²) in [5, 5.41) is 9.98. The normalized spacial score (nSPS) is 17.0. The number of sulfonamides is 1. The molecule has 0 saturated carbocycles. The number of hydrogen-bond donors (Lipinski definition) is 2. The highest BCUT2D eigenvalue weighted by Crippen LogP contribution is 2.29. The molecule has 1 aliphatic rings. The summed E-state index contributed by atoms with van der Waals surface area (Å²) >= 11 is 7.13. The molecule has 1 atom stereocenters. The van der Waals surface area contributed by atoms with Gasteiger partial charge in [-0.2, -0.15) is 4.72 Å². The first-order chi connectivity index (χ1) is 15.5. The van der Waals surface area contributed by atoms with E-state index in [1.54, 1.807) is 19.1 Å². The quantitative estimate of drug-likeness (QED) is 0.562. The predicted octanol–water partition coefficient (Wildman–Crippen LogP) is 2.69. The van der Waals surface area contributed by atoms with Gasteiger partial charge in [-0.15, -0.1) is 11.3 Å². The number of hydrogen-bond acceptors (Lipinski definition) is 6. The molecule has 1 fully saturated rings. The molecule has 12 heteroatoms. The summed E-state index contributed by atoms with van der Waals surface area (Å²) in [5.41, 5.74) is 0.507. The van der Waals surface area contributed by atoms with E-state index in [-0.39, 0.29) is 37.4 Å². The van der Waals surface area contributed by atoms with E-state index < -0.39 is 33.7 Å². The molecule has 1 saturated heterocycles. The molecule has 3 rings (SSSR count). The van der Waals surface area contributed by atoms with E-state index >= 15 is 0 Å². The summed E-state index contributed by atoms with van der Waals surface area (Å²) in [4.78, 5) is 28.2. The molecule has 0 aliphatic carbocycles. The van der Waals surface area contributed by atoms with Crippen molar-refractivity contribution in [3.05, 3.63) is 56.3 Å². The number of anilines is 1. The van der Waals surface area contributed by atoms with Crippen LogP contribution >= 0.6 is 22.9 Å². The van der Waals surface area contributed by atoms with E-state index in [1.807, 2.05) is 0 Å². The molecular formula is C21H23ClFN3O5S2. The van der Waals surface area contributed by atoms with Gasteiger partial charge in [0.15, 0.2) is 0 Å². The highest BCUT2D eigenvalue weighted by atomic mass is 35.5.